The quantitative estimate of drug-likeness (QED) is 0.0862. The molecule has 4 aliphatic rings. The molecule has 13 rings (SSSR count). The van der Waals surface area contributed by atoms with Crippen LogP contribution in [0.15, 0.2) is 254 Å². The van der Waals surface area contributed by atoms with Crippen LogP contribution in [0.1, 0.15) is 46.2 Å². The first kappa shape index (κ1) is 40.7. The van der Waals surface area contributed by atoms with Crippen molar-refractivity contribution in [3.8, 4) is 22.3 Å². The highest BCUT2D eigenvalue weighted by atomic mass is 28.3. The van der Waals surface area contributed by atoms with Crippen LogP contribution in [0.5, 0.6) is 0 Å². The number of amidine groups is 1. The molecule has 9 aromatic carbocycles. The maximum Gasteiger partial charge on any atom is 0.374 e. The molecule has 1 unspecified atom stereocenters. The highest BCUT2D eigenvalue weighted by Gasteiger charge is 2.53. The van der Waals surface area contributed by atoms with E-state index in [1.807, 2.05) is 0 Å². The van der Waals surface area contributed by atoms with E-state index in [4.69, 9.17) is 10.4 Å². The molecule has 0 aromatic heterocycles. The lowest BCUT2D eigenvalue weighted by Gasteiger charge is -2.47. The van der Waals surface area contributed by atoms with Gasteiger partial charge in [-0.3, -0.25) is 5.73 Å². The van der Waals surface area contributed by atoms with Gasteiger partial charge < -0.3 is 5.32 Å². The number of fused-ring (bicyclic) bond motifs is 10. The van der Waals surface area contributed by atoms with E-state index in [-0.39, 0.29) is 5.41 Å². The minimum Gasteiger partial charge on any atom is -0.356 e. The minimum atomic E-state index is -2.63. The number of allylic oxidation sites excluding steroid dienone is 5. The van der Waals surface area contributed by atoms with E-state index in [1.54, 1.807) is 0 Å². The lowest BCUT2D eigenvalue weighted by molar-refractivity contribution is 0.782. The van der Waals surface area contributed by atoms with Gasteiger partial charge in [0.15, 0.2) is 0 Å². The Labute approximate surface area is 404 Å². The molecule has 0 amide bonds. The predicted molar refractivity (Wildman–Crippen MR) is 292 cm³/mol. The third kappa shape index (κ3) is 6.38. The summed E-state index contributed by atoms with van der Waals surface area (Å²) < 4.78 is 4.87. The van der Waals surface area contributed by atoms with Crippen LogP contribution < -0.4 is 36.5 Å². The van der Waals surface area contributed by atoms with Crippen molar-refractivity contribution in [2.45, 2.75) is 18.3 Å². The Kier molecular flexibility index (Phi) is 9.65. The molecule has 4 heteroatoms. The fourth-order valence-electron chi connectivity index (χ4n) is 11.9. The maximum absolute atomic E-state index is 6.70. The third-order valence-corrected chi connectivity index (χ3v) is 19.8. The molecule has 1 heterocycles. The van der Waals surface area contributed by atoms with Gasteiger partial charge in [-0.05, 0) is 125 Å². The summed E-state index contributed by atoms with van der Waals surface area (Å²) in [7, 11) is -2.63. The fourth-order valence-corrected chi connectivity index (χ4v) is 16.7. The van der Waals surface area contributed by atoms with Crippen LogP contribution in [-0.4, -0.2) is 19.6 Å². The van der Waals surface area contributed by atoms with E-state index in [1.165, 1.54) is 76.4 Å². The summed E-state index contributed by atoms with van der Waals surface area (Å²) in [5.41, 5.74) is 25.8. The van der Waals surface area contributed by atoms with Gasteiger partial charge in [-0.2, -0.15) is 20.7 Å². The average molecular weight is 899 g/mol. The number of nitrogens with zero attached hydrogens (tertiary/aromatic N) is 1. The Morgan fingerprint density at radius 1 is 0.406 bits per heavy atom. The predicted octanol–water partition coefficient (Wildman–Crippen LogP) is 11.2. The Morgan fingerprint density at radius 3 is 1.51 bits per heavy atom. The normalized spacial score (nSPS) is 16.3. The van der Waals surface area contributed by atoms with Gasteiger partial charge in [0.1, 0.15) is 0 Å². The molecule has 0 fully saturated rings. The third-order valence-electron chi connectivity index (χ3n) is 15.0. The van der Waals surface area contributed by atoms with Crippen LogP contribution in [0.4, 0.5) is 11.4 Å². The summed E-state index contributed by atoms with van der Waals surface area (Å²) in [5, 5.41) is 9.00. The van der Waals surface area contributed by atoms with E-state index in [9.17, 15) is 0 Å². The highest BCUT2D eigenvalue weighted by Crippen LogP contribution is 2.64. The molecule has 0 saturated carbocycles. The molecule has 0 bridgehead atoms. The smallest absolute Gasteiger partial charge is 0.356 e. The lowest BCUT2D eigenvalue weighted by Crippen LogP contribution is -2.74. The summed E-state index contributed by atoms with van der Waals surface area (Å²) >= 11 is 0. The van der Waals surface area contributed by atoms with Gasteiger partial charge in [0, 0.05) is 23.0 Å². The van der Waals surface area contributed by atoms with Crippen LogP contribution in [-0.2, 0) is 5.41 Å². The van der Waals surface area contributed by atoms with Crippen LogP contribution in [0.2, 0.25) is 0 Å². The number of nitrogens with two attached hydrogens (primary N) is 1. The van der Waals surface area contributed by atoms with Crippen molar-refractivity contribution in [3.63, 3.8) is 0 Å². The monoisotopic (exact) mass is 898 g/mol. The zero-order chi connectivity index (χ0) is 45.9. The molecule has 1 spiro atoms. The summed E-state index contributed by atoms with van der Waals surface area (Å²) in [4.78, 5) is 0. The molecule has 3 N–H and O–H groups in total. The molecule has 0 saturated heterocycles. The van der Waals surface area contributed by atoms with Gasteiger partial charge in [-0.25, -0.2) is 4.67 Å². The lowest BCUT2D eigenvalue weighted by atomic mass is 9.69. The summed E-state index contributed by atoms with van der Waals surface area (Å²) in [6.45, 7) is 0. The van der Waals surface area contributed by atoms with E-state index in [0.29, 0.717) is 5.84 Å². The maximum atomic E-state index is 6.70. The molecule has 1 aliphatic heterocycles. The first-order valence-corrected chi connectivity index (χ1v) is 26.0. The number of anilines is 2. The van der Waals surface area contributed by atoms with Gasteiger partial charge in [0.2, 0.25) is 5.71 Å². The molecule has 1 atom stereocenters. The Morgan fingerprint density at radius 2 is 0.884 bits per heavy atom. The van der Waals surface area contributed by atoms with E-state index >= 15 is 0 Å². The molecule has 0 radical (unpaired) electrons. The van der Waals surface area contributed by atoms with Crippen molar-refractivity contribution in [1.29, 1.82) is 0 Å². The second-order valence-corrected chi connectivity index (χ2v) is 22.4. The van der Waals surface area contributed by atoms with Crippen molar-refractivity contribution in [1.82, 2.24) is 4.67 Å². The minimum absolute atomic E-state index is 0.307. The van der Waals surface area contributed by atoms with Crippen molar-refractivity contribution >= 4 is 62.9 Å². The van der Waals surface area contributed by atoms with Crippen molar-refractivity contribution in [3.05, 3.63) is 288 Å². The first-order valence-electron chi connectivity index (χ1n) is 24.0. The number of hydrogen-bond donors (Lipinski definition) is 2. The molecule has 3 nitrogen and oxygen atoms in total. The summed E-state index contributed by atoms with van der Waals surface area (Å²) in [5.74, 6) is 0.529. The summed E-state index contributed by atoms with van der Waals surface area (Å²) in [6.07, 6.45) is 9.26. The number of rotatable bonds is 9. The number of benzene rings is 9. The van der Waals surface area contributed by atoms with Crippen LogP contribution in [0.3, 0.4) is 0 Å². The highest BCUT2D eigenvalue weighted by molar-refractivity contribution is 7.19. The number of nitrogens with one attached hydrogen (secondary N) is 1. The largest absolute Gasteiger partial charge is 0.374 e. The Hall–Kier alpha value is -8.53. The fraction of sp³-hybridized carbons (Fsp3) is 0.0462. The van der Waals surface area contributed by atoms with Gasteiger partial charge >= 0.3 is 5.84 Å². The second-order valence-electron chi connectivity index (χ2n) is 18.6. The van der Waals surface area contributed by atoms with Gasteiger partial charge in [0.25, 0.3) is 0 Å². The SMILES string of the molecule is NC1=[N+]=C(c2ccc(Nc3ccc(-c4ccc5c(c4)C4(C6=CCCC=C6c6ccccc64)c4ccccc4-5)cc3)cc2)C=C1c1ccc([Si-](c2ccccc2)(c2ccccc2)c2ccccc2)cc1. The van der Waals surface area contributed by atoms with Gasteiger partial charge in [-0.15, -0.1) is 0 Å². The molecule has 3 aliphatic carbocycles. The Balaban J connectivity index is 0.753. The van der Waals surface area contributed by atoms with Crippen molar-refractivity contribution in [2.24, 2.45) is 5.73 Å². The van der Waals surface area contributed by atoms with E-state index in [2.05, 4.69) is 254 Å². The molecule has 69 heavy (non-hydrogen) atoms. The molecule has 9 aromatic rings. The van der Waals surface area contributed by atoms with E-state index in [0.717, 1.165) is 46.6 Å². The van der Waals surface area contributed by atoms with Crippen molar-refractivity contribution in [2.75, 3.05) is 5.32 Å². The van der Waals surface area contributed by atoms with Gasteiger partial charge in [0.05, 0.1) is 11.0 Å². The zero-order valence-corrected chi connectivity index (χ0v) is 39.1. The number of hydrogen-bond acceptors (Lipinski definition) is 2. The second kappa shape index (κ2) is 16.4. The summed E-state index contributed by atoms with van der Waals surface area (Å²) in [6, 6.07) is 84.6. The van der Waals surface area contributed by atoms with E-state index < -0.39 is 8.07 Å². The topological polar surface area (TPSA) is 52.2 Å². The Bertz CT molecular complexity index is 3540. The molecule has 327 valence electrons. The molecular weight excluding hydrogens is 851 g/mol. The zero-order valence-electron chi connectivity index (χ0n) is 38.1. The van der Waals surface area contributed by atoms with Gasteiger partial charge in [-0.1, -0.05) is 200 Å². The van der Waals surface area contributed by atoms with Crippen molar-refractivity contribution < 1.29 is 0 Å². The standard InChI is InChI=1S/C65H47N3Si/c66-64-58(45-32-39-53(40-33-45)69(50-16-4-1-5-17-50,51-18-6-2-7-19-51)52-20-8-3-9-21-52)43-63(68-64)46-30-37-49(38-31-46)67-48-35-28-44(29-36-48)47-34-41-57-56-24-12-15-27-61(56)65(62(57)42-47)59-25-13-10-22-54(59)55-23-11-14-26-60(55)65/h1-10,12-13,15-43H,11,14H2,(H2,66,67,68)/q-1/p+1. The van der Waals surface area contributed by atoms with Crippen LogP contribution in [0, 0.1) is 0 Å². The average Bonchev–Trinajstić information content (AvgIpc) is 4.06. The first-order chi connectivity index (χ1) is 34.1. The van der Waals surface area contributed by atoms with Crippen LogP contribution in [0.25, 0.3) is 33.4 Å². The molecular formula is C65H48N3Si. The van der Waals surface area contributed by atoms with Crippen LogP contribution >= 0.6 is 0 Å².